The Hall–Kier alpha value is -2.87. The zero-order chi connectivity index (χ0) is 20.5. The van der Waals surface area contributed by atoms with Gasteiger partial charge in [-0.2, -0.15) is 0 Å². The lowest BCUT2D eigenvalue weighted by Crippen LogP contribution is -2.12. The summed E-state index contributed by atoms with van der Waals surface area (Å²) in [6, 6.07) is 12.3. The Labute approximate surface area is 176 Å². The number of anilines is 1. The van der Waals surface area contributed by atoms with Gasteiger partial charge in [-0.05, 0) is 30.3 Å². The van der Waals surface area contributed by atoms with Crippen LogP contribution in [-0.2, 0) is 9.47 Å². The molecule has 0 atom stereocenters. The number of halogens is 2. The average molecular weight is 431 g/mol. The first-order valence-electron chi connectivity index (χ1n) is 8.69. The first-order chi connectivity index (χ1) is 14.0. The number of carbonyl (C=O) groups is 1. The van der Waals surface area contributed by atoms with Gasteiger partial charge in [0, 0.05) is 17.2 Å². The highest BCUT2D eigenvalue weighted by Crippen LogP contribution is 2.33. The Kier molecular flexibility index (Phi) is 5.27. The van der Waals surface area contributed by atoms with Gasteiger partial charge in [0.1, 0.15) is 23.5 Å². The van der Waals surface area contributed by atoms with Gasteiger partial charge in [-0.1, -0.05) is 35.3 Å². The third-order valence-electron chi connectivity index (χ3n) is 4.33. The van der Waals surface area contributed by atoms with E-state index in [1.807, 2.05) is 24.3 Å². The summed E-state index contributed by atoms with van der Waals surface area (Å²) < 4.78 is 11.8. The number of nitrogens with zero attached hydrogens (tertiary/aromatic N) is 3. The first-order valence-corrected chi connectivity index (χ1v) is 9.44. The van der Waals surface area contributed by atoms with E-state index >= 15 is 0 Å². The molecule has 0 unspecified atom stereocenters. The molecule has 4 rings (SSSR count). The second-order valence-corrected chi connectivity index (χ2v) is 7.11. The van der Waals surface area contributed by atoms with Crippen molar-refractivity contribution in [2.24, 2.45) is 0 Å². The van der Waals surface area contributed by atoms with Gasteiger partial charge in [0.25, 0.3) is 0 Å². The summed E-state index contributed by atoms with van der Waals surface area (Å²) in [5.74, 6) is -0.475. The Morgan fingerprint density at radius 1 is 1.07 bits per heavy atom. The van der Waals surface area contributed by atoms with Crippen molar-refractivity contribution < 1.29 is 14.3 Å². The van der Waals surface area contributed by atoms with Gasteiger partial charge in [0.2, 0.25) is 0 Å². The maximum absolute atomic E-state index is 12.8. The number of methoxy groups -OCH3 is 1. The molecule has 0 saturated heterocycles. The number of aromatic nitrogens is 3. The minimum absolute atomic E-state index is 0.0887. The maximum atomic E-state index is 12.8. The van der Waals surface area contributed by atoms with Crippen molar-refractivity contribution in [1.82, 2.24) is 14.5 Å². The fourth-order valence-corrected chi connectivity index (χ4v) is 3.60. The highest BCUT2D eigenvalue weighted by atomic mass is 35.5. The molecule has 9 heteroatoms. The van der Waals surface area contributed by atoms with Crippen LogP contribution < -0.4 is 5.73 Å². The van der Waals surface area contributed by atoms with Crippen molar-refractivity contribution in [2.75, 3.05) is 26.1 Å². The van der Waals surface area contributed by atoms with E-state index in [0.717, 1.165) is 0 Å². The summed E-state index contributed by atoms with van der Waals surface area (Å²) in [5, 5.41) is 0.846. The number of rotatable bonds is 5. The molecule has 2 aromatic heterocycles. The minimum Gasteiger partial charge on any atom is -0.459 e. The summed E-state index contributed by atoms with van der Waals surface area (Å²) in [6.45, 7) is 0.355. The molecule has 4 aromatic rings. The van der Waals surface area contributed by atoms with Crippen LogP contribution in [0.5, 0.6) is 0 Å². The number of nitrogens with two attached hydrogens (primary N) is 1. The fraction of sp³-hybridized carbons (Fsp3) is 0.150. The van der Waals surface area contributed by atoms with Gasteiger partial charge in [-0.25, -0.2) is 14.8 Å². The molecule has 0 saturated carbocycles. The number of para-hydroxylation sites is 2. The number of benzene rings is 2. The number of carbonyl (C=O) groups excluding carboxylic acids is 1. The monoisotopic (exact) mass is 430 g/mol. The van der Waals surface area contributed by atoms with E-state index in [0.29, 0.717) is 37.9 Å². The van der Waals surface area contributed by atoms with Crippen LogP contribution in [0.2, 0.25) is 10.0 Å². The molecular formula is C20H16Cl2N4O3. The van der Waals surface area contributed by atoms with E-state index in [1.54, 1.807) is 22.8 Å². The number of esters is 1. The fourth-order valence-electron chi connectivity index (χ4n) is 3.08. The molecule has 0 radical (unpaired) electrons. The summed E-state index contributed by atoms with van der Waals surface area (Å²) in [5.41, 5.74) is 9.10. The SMILES string of the molecule is COCCOC(=O)c1c(N)n(-c2cc(Cl)cc(Cl)c2)c2nc3ccccc3nc12. The Bertz CT molecular complexity index is 1220. The molecule has 148 valence electrons. The van der Waals surface area contributed by atoms with Gasteiger partial charge >= 0.3 is 5.97 Å². The topological polar surface area (TPSA) is 92.3 Å². The molecule has 0 amide bonds. The average Bonchev–Trinajstić information content (AvgIpc) is 2.96. The van der Waals surface area contributed by atoms with E-state index in [2.05, 4.69) is 9.97 Å². The van der Waals surface area contributed by atoms with E-state index in [1.165, 1.54) is 7.11 Å². The highest BCUT2D eigenvalue weighted by Gasteiger charge is 2.26. The van der Waals surface area contributed by atoms with Crippen LogP contribution in [0.15, 0.2) is 42.5 Å². The second-order valence-electron chi connectivity index (χ2n) is 6.24. The largest absolute Gasteiger partial charge is 0.459 e. The summed E-state index contributed by atoms with van der Waals surface area (Å²) in [6.07, 6.45) is 0. The predicted octanol–water partition coefficient (Wildman–Crippen LogP) is 4.27. The number of ether oxygens (including phenoxy) is 2. The lowest BCUT2D eigenvalue weighted by atomic mass is 10.2. The molecule has 2 N–H and O–H groups in total. The Morgan fingerprint density at radius 2 is 1.72 bits per heavy atom. The van der Waals surface area contributed by atoms with Crippen molar-refractivity contribution in [2.45, 2.75) is 0 Å². The standard InChI is InChI=1S/C20H16Cl2N4O3/c1-28-6-7-29-20(27)16-17-19(25-15-5-3-2-4-14(15)24-17)26(18(16)23)13-9-11(21)8-12(22)10-13/h2-5,8-10H,6-7,23H2,1H3. The molecule has 0 aliphatic heterocycles. The third kappa shape index (κ3) is 3.60. The third-order valence-corrected chi connectivity index (χ3v) is 4.76. The summed E-state index contributed by atoms with van der Waals surface area (Å²) in [7, 11) is 1.52. The van der Waals surface area contributed by atoms with Crippen LogP contribution in [0.3, 0.4) is 0 Å². The predicted molar refractivity (Wildman–Crippen MR) is 113 cm³/mol. The van der Waals surface area contributed by atoms with Gasteiger partial charge in [0.15, 0.2) is 5.65 Å². The van der Waals surface area contributed by atoms with E-state index in [-0.39, 0.29) is 24.6 Å². The quantitative estimate of drug-likeness (QED) is 0.375. The van der Waals surface area contributed by atoms with Gasteiger partial charge < -0.3 is 15.2 Å². The molecule has 29 heavy (non-hydrogen) atoms. The minimum atomic E-state index is -0.610. The van der Waals surface area contributed by atoms with Crippen LogP contribution in [0.25, 0.3) is 27.9 Å². The normalized spacial score (nSPS) is 11.3. The van der Waals surface area contributed by atoms with Gasteiger partial charge in [0.05, 0.1) is 23.3 Å². The lowest BCUT2D eigenvalue weighted by Gasteiger charge is -2.09. The lowest BCUT2D eigenvalue weighted by molar-refractivity contribution is 0.0391. The van der Waals surface area contributed by atoms with Crippen molar-refractivity contribution in [3.05, 3.63) is 58.1 Å². The molecule has 0 bridgehead atoms. The molecule has 7 nitrogen and oxygen atoms in total. The van der Waals surface area contributed by atoms with Crippen LogP contribution in [0.4, 0.5) is 5.82 Å². The van der Waals surface area contributed by atoms with Crippen molar-refractivity contribution >= 4 is 57.2 Å². The number of hydrogen-bond donors (Lipinski definition) is 1. The molecule has 2 heterocycles. The Morgan fingerprint density at radius 3 is 2.38 bits per heavy atom. The van der Waals surface area contributed by atoms with Gasteiger partial charge in [-0.15, -0.1) is 0 Å². The van der Waals surface area contributed by atoms with Crippen LogP contribution >= 0.6 is 23.2 Å². The number of fused-ring (bicyclic) bond motifs is 2. The van der Waals surface area contributed by atoms with E-state index in [9.17, 15) is 4.79 Å². The smallest absolute Gasteiger partial charge is 0.344 e. The van der Waals surface area contributed by atoms with Crippen molar-refractivity contribution in [1.29, 1.82) is 0 Å². The molecule has 0 aliphatic carbocycles. The number of hydrogen-bond acceptors (Lipinski definition) is 6. The molecular weight excluding hydrogens is 415 g/mol. The van der Waals surface area contributed by atoms with Crippen LogP contribution in [-0.4, -0.2) is 40.8 Å². The summed E-state index contributed by atoms with van der Waals surface area (Å²) in [4.78, 5) is 22.1. The van der Waals surface area contributed by atoms with Crippen molar-refractivity contribution in [3.63, 3.8) is 0 Å². The summed E-state index contributed by atoms with van der Waals surface area (Å²) >= 11 is 12.3. The molecule has 0 spiro atoms. The van der Waals surface area contributed by atoms with Crippen molar-refractivity contribution in [3.8, 4) is 5.69 Å². The zero-order valence-corrected chi connectivity index (χ0v) is 16.9. The number of nitrogen functional groups attached to an aromatic ring is 1. The second kappa shape index (κ2) is 7.87. The Balaban J connectivity index is 2.00. The molecule has 0 fully saturated rings. The highest BCUT2D eigenvalue weighted by molar-refractivity contribution is 6.35. The van der Waals surface area contributed by atoms with Crippen LogP contribution in [0.1, 0.15) is 10.4 Å². The van der Waals surface area contributed by atoms with E-state index < -0.39 is 5.97 Å². The maximum Gasteiger partial charge on any atom is 0.344 e. The van der Waals surface area contributed by atoms with Gasteiger partial charge in [-0.3, -0.25) is 4.57 Å². The molecule has 0 aliphatic rings. The van der Waals surface area contributed by atoms with Crippen LogP contribution in [0, 0.1) is 0 Å². The zero-order valence-electron chi connectivity index (χ0n) is 15.4. The molecule has 2 aromatic carbocycles. The van der Waals surface area contributed by atoms with E-state index in [4.69, 9.17) is 38.4 Å². The first kappa shape index (κ1) is 19.4.